The summed E-state index contributed by atoms with van der Waals surface area (Å²) in [7, 11) is 0. The zero-order valence-corrected chi connectivity index (χ0v) is 17.1. The number of hydrogen-bond donors (Lipinski definition) is 0. The molecule has 0 aromatic carbocycles. The lowest BCUT2D eigenvalue weighted by Crippen LogP contribution is -2.84. The summed E-state index contributed by atoms with van der Waals surface area (Å²) in [5, 5.41) is 0. The monoisotopic (exact) mass is 548 g/mol. The molecule has 28 heavy (non-hydrogen) atoms. The summed E-state index contributed by atoms with van der Waals surface area (Å²) in [5.41, 5.74) is -5.88. The summed E-state index contributed by atoms with van der Waals surface area (Å²) in [6.07, 6.45) is 0.621. The molecule has 0 saturated heterocycles. The van der Waals surface area contributed by atoms with Gasteiger partial charge in [-0.25, -0.2) is 4.39 Å². The Morgan fingerprint density at radius 3 is 1.36 bits per heavy atom. The number of rotatable bonds is 8. The minimum atomic E-state index is -7.15. The highest BCUT2D eigenvalue weighted by atomic mass is 127. The van der Waals surface area contributed by atoms with Crippen LogP contribution in [0.2, 0.25) is 0 Å². The maximum absolute atomic E-state index is 14.8. The molecule has 0 amide bonds. The van der Waals surface area contributed by atoms with Crippen LogP contribution in [0.15, 0.2) is 0 Å². The summed E-state index contributed by atoms with van der Waals surface area (Å²) in [6, 6.07) is 0. The van der Waals surface area contributed by atoms with E-state index in [9.17, 15) is 48.3 Å². The molecule has 0 aromatic heterocycles. The van der Waals surface area contributed by atoms with Crippen LogP contribution in [0.3, 0.4) is 0 Å². The second-order valence-corrected chi connectivity index (χ2v) is 10.0. The van der Waals surface area contributed by atoms with Gasteiger partial charge in [0.2, 0.25) is 0 Å². The Morgan fingerprint density at radius 1 is 0.607 bits per heavy atom. The van der Waals surface area contributed by atoms with Crippen molar-refractivity contribution in [3.05, 3.63) is 0 Å². The first-order valence-electron chi connectivity index (χ1n) is 8.54. The van der Waals surface area contributed by atoms with Gasteiger partial charge in [-0.05, 0) is 6.42 Å². The lowest BCUT2D eigenvalue weighted by atomic mass is 9.68. The van der Waals surface area contributed by atoms with E-state index in [4.69, 9.17) is 0 Å². The van der Waals surface area contributed by atoms with E-state index in [1.807, 2.05) is 6.92 Å². The zero-order valence-electron chi connectivity index (χ0n) is 15.0. The predicted molar refractivity (Wildman–Crippen MR) is 89.0 cm³/mol. The van der Waals surface area contributed by atoms with Gasteiger partial charge < -0.3 is 0 Å². The second-order valence-electron chi connectivity index (χ2n) is 7.43. The van der Waals surface area contributed by atoms with Gasteiger partial charge in [-0.2, -0.15) is 43.9 Å². The van der Waals surface area contributed by atoms with Crippen LogP contribution in [0, 0.1) is 0 Å². The van der Waals surface area contributed by atoms with Gasteiger partial charge in [-0.15, -0.1) is 0 Å². The van der Waals surface area contributed by atoms with Crippen LogP contribution in [0.5, 0.6) is 0 Å². The molecule has 1 fully saturated rings. The van der Waals surface area contributed by atoms with E-state index in [1.165, 1.54) is 22.6 Å². The van der Waals surface area contributed by atoms with Gasteiger partial charge in [0.15, 0.2) is 0 Å². The number of alkyl halides is 12. The Labute approximate surface area is 168 Å². The maximum Gasteiger partial charge on any atom is 0.384 e. The second kappa shape index (κ2) is 7.58. The van der Waals surface area contributed by atoms with E-state index in [2.05, 4.69) is 0 Å². The fourth-order valence-electron chi connectivity index (χ4n) is 3.20. The van der Waals surface area contributed by atoms with Gasteiger partial charge in [0.05, 0.1) is 0 Å². The first kappa shape index (κ1) is 26.0. The van der Waals surface area contributed by atoms with E-state index in [1.54, 1.807) is 0 Å². The molecule has 1 unspecified atom stereocenters. The SMILES string of the molecule is CCCCCCCC(C)(I)CC1(F)C(F)(F)C(F)(F)C(F)(F)C(F)(F)C1(F)F. The molecule has 1 atom stereocenters. The Hall–Kier alpha value is -0.0400. The molecule has 1 saturated carbocycles. The van der Waals surface area contributed by atoms with E-state index < -0.39 is 45.1 Å². The van der Waals surface area contributed by atoms with Gasteiger partial charge >= 0.3 is 29.6 Å². The molecule has 168 valence electrons. The summed E-state index contributed by atoms with van der Waals surface area (Å²) in [4.78, 5) is 0. The van der Waals surface area contributed by atoms with E-state index in [0.29, 0.717) is 12.8 Å². The fourth-order valence-corrected chi connectivity index (χ4v) is 4.11. The summed E-state index contributed by atoms with van der Waals surface area (Å²) < 4.78 is 149. The molecule has 0 N–H and O–H groups in total. The summed E-state index contributed by atoms with van der Waals surface area (Å²) >= 11 is 1.23. The topological polar surface area (TPSA) is 0 Å². The van der Waals surface area contributed by atoms with Crippen molar-refractivity contribution in [1.82, 2.24) is 0 Å². The highest BCUT2D eigenvalue weighted by Crippen LogP contribution is 2.71. The van der Waals surface area contributed by atoms with Crippen molar-refractivity contribution in [1.29, 1.82) is 0 Å². The van der Waals surface area contributed by atoms with Gasteiger partial charge in [0.1, 0.15) is 0 Å². The average molecular weight is 548 g/mol. The largest absolute Gasteiger partial charge is 0.384 e. The van der Waals surface area contributed by atoms with Crippen molar-refractivity contribution >= 4 is 22.6 Å². The van der Waals surface area contributed by atoms with E-state index in [-0.39, 0.29) is 12.8 Å². The summed E-state index contributed by atoms with van der Waals surface area (Å²) in [6.45, 7) is 2.84. The Bertz CT molecular complexity index is 527. The maximum atomic E-state index is 14.8. The smallest absolute Gasteiger partial charge is 0.230 e. The predicted octanol–water partition coefficient (Wildman–Crippen LogP) is 7.83. The first-order chi connectivity index (χ1) is 12.3. The lowest BCUT2D eigenvalue weighted by molar-refractivity contribution is -0.486. The quantitative estimate of drug-likeness (QED) is 0.126. The molecule has 0 aromatic rings. The van der Waals surface area contributed by atoms with Crippen LogP contribution in [0.1, 0.15) is 58.8 Å². The third-order valence-corrected chi connectivity index (χ3v) is 5.91. The van der Waals surface area contributed by atoms with Crippen LogP contribution in [0.4, 0.5) is 48.3 Å². The van der Waals surface area contributed by atoms with Crippen LogP contribution in [-0.4, -0.2) is 38.7 Å². The molecule has 0 bridgehead atoms. The molecule has 12 heteroatoms. The number of hydrogen-bond acceptors (Lipinski definition) is 0. The van der Waals surface area contributed by atoms with Gasteiger partial charge in [-0.1, -0.05) is 68.5 Å². The van der Waals surface area contributed by atoms with Crippen molar-refractivity contribution in [3.8, 4) is 0 Å². The zero-order chi connectivity index (χ0) is 22.4. The molecule has 1 rings (SSSR count). The van der Waals surface area contributed by atoms with Crippen LogP contribution in [0.25, 0.3) is 0 Å². The molecule has 1 aliphatic rings. The van der Waals surface area contributed by atoms with Crippen molar-refractivity contribution < 1.29 is 48.3 Å². The van der Waals surface area contributed by atoms with E-state index >= 15 is 0 Å². The van der Waals surface area contributed by atoms with E-state index in [0.717, 1.165) is 19.8 Å². The van der Waals surface area contributed by atoms with Crippen molar-refractivity contribution in [2.45, 2.75) is 97.5 Å². The number of unbranched alkanes of at least 4 members (excludes halogenated alkanes) is 4. The van der Waals surface area contributed by atoms with Crippen molar-refractivity contribution in [3.63, 3.8) is 0 Å². The third-order valence-electron chi connectivity index (χ3n) is 4.99. The average Bonchev–Trinajstić information content (AvgIpc) is 2.52. The molecule has 1 aliphatic carbocycles. The van der Waals surface area contributed by atoms with Gasteiger partial charge in [-0.3, -0.25) is 0 Å². The minimum Gasteiger partial charge on any atom is -0.230 e. The normalized spacial score (nSPS) is 28.5. The van der Waals surface area contributed by atoms with Crippen molar-refractivity contribution in [2.75, 3.05) is 0 Å². The molecular formula is C16H20F11I. The van der Waals surface area contributed by atoms with Crippen LogP contribution >= 0.6 is 22.6 Å². The molecule has 0 spiro atoms. The van der Waals surface area contributed by atoms with Gasteiger partial charge in [0, 0.05) is 9.84 Å². The highest BCUT2D eigenvalue weighted by molar-refractivity contribution is 14.1. The molecule has 0 radical (unpaired) electrons. The highest BCUT2D eigenvalue weighted by Gasteiger charge is 3.00. The minimum absolute atomic E-state index is 0.204. The first-order valence-corrected chi connectivity index (χ1v) is 9.61. The Kier molecular flexibility index (Phi) is 7.04. The number of halogens is 12. The Morgan fingerprint density at radius 2 is 0.964 bits per heavy atom. The van der Waals surface area contributed by atoms with Crippen LogP contribution < -0.4 is 0 Å². The third kappa shape index (κ3) is 3.50. The summed E-state index contributed by atoms with van der Waals surface area (Å²) in [5.74, 6) is -34.7. The lowest BCUT2D eigenvalue weighted by Gasteiger charge is -2.53. The standard InChI is InChI=1S/C16H20F11I/c1-3-4-5-6-7-8-10(2,28)9-11(17)12(18,19)14(22,23)16(26,27)15(24,25)13(11,20)21/h3-9H2,1-2H3. The molecule has 0 heterocycles. The molecule has 0 aliphatic heterocycles. The Balaban J connectivity index is 3.30. The molecule has 0 nitrogen and oxygen atoms in total. The van der Waals surface area contributed by atoms with Crippen LogP contribution in [-0.2, 0) is 0 Å². The fraction of sp³-hybridized carbons (Fsp3) is 1.00. The van der Waals surface area contributed by atoms with Crippen molar-refractivity contribution in [2.24, 2.45) is 0 Å². The molecular weight excluding hydrogens is 528 g/mol. The van der Waals surface area contributed by atoms with Gasteiger partial charge in [0.25, 0.3) is 5.67 Å².